The maximum absolute atomic E-state index is 12.6. The van der Waals surface area contributed by atoms with Gasteiger partial charge in [0.05, 0.1) is 6.21 Å². The van der Waals surface area contributed by atoms with Crippen molar-refractivity contribution in [1.82, 2.24) is 15.6 Å². The van der Waals surface area contributed by atoms with Gasteiger partial charge in [0.1, 0.15) is 17.1 Å². The number of amides is 2. The molecule has 0 saturated carbocycles. The number of aliphatic hydroxyl groups is 1. The van der Waals surface area contributed by atoms with E-state index in [1.807, 2.05) is 6.92 Å². The molecule has 0 aromatic heterocycles. The Morgan fingerprint density at radius 2 is 2.10 bits per heavy atom. The molecule has 2 amide bonds. The van der Waals surface area contributed by atoms with Crippen LogP contribution in [0.25, 0.3) is 0 Å². The van der Waals surface area contributed by atoms with E-state index in [-0.39, 0.29) is 5.70 Å². The van der Waals surface area contributed by atoms with Crippen LogP contribution in [0, 0.1) is 0 Å². The van der Waals surface area contributed by atoms with Gasteiger partial charge in [0.25, 0.3) is 11.8 Å². The molecule has 3 rings (SSSR count). The molecule has 2 aliphatic rings. The van der Waals surface area contributed by atoms with E-state index in [0.29, 0.717) is 23.4 Å². The van der Waals surface area contributed by atoms with Crippen LogP contribution < -0.4 is 10.7 Å². The van der Waals surface area contributed by atoms with Crippen LogP contribution in [0.5, 0.6) is 0 Å². The first-order valence-corrected chi connectivity index (χ1v) is 10.2. The van der Waals surface area contributed by atoms with Crippen LogP contribution in [0.15, 0.2) is 46.7 Å². The lowest BCUT2D eigenvalue weighted by molar-refractivity contribution is -0.151. The number of hydrazone groups is 1. The van der Waals surface area contributed by atoms with Crippen LogP contribution in [-0.2, 0) is 14.4 Å². The Labute approximate surface area is 171 Å². The lowest BCUT2D eigenvalue weighted by Crippen LogP contribution is -2.70. The number of hydrogen-bond donors (Lipinski definition) is 4. The lowest BCUT2D eigenvalue weighted by Gasteiger charge is -2.49. The van der Waals surface area contributed by atoms with E-state index in [0.717, 1.165) is 11.3 Å². The number of carbonyl (C=O) groups is 3. The Hall–Kier alpha value is -2.85. The maximum atomic E-state index is 12.6. The summed E-state index contributed by atoms with van der Waals surface area (Å²) in [6.07, 6.45) is 0.883. The van der Waals surface area contributed by atoms with Gasteiger partial charge in [-0.05, 0) is 12.0 Å². The first-order chi connectivity index (χ1) is 14.0. The number of carbonyl (C=O) groups excluding carboxylic acids is 2. The number of carboxylic acids is 1. The highest BCUT2D eigenvalue weighted by Gasteiger charge is 2.54. The molecule has 1 fully saturated rings. The number of aliphatic carboxylic acids is 1. The second kappa shape index (κ2) is 9.10. The summed E-state index contributed by atoms with van der Waals surface area (Å²) >= 11 is 1.34. The van der Waals surface area contributed by atoms with Crippen LogP contribution in [0.1, 0.15) is 25.0 Å². The number of β-lactam (4-membered cyclic amide) rings is 1. The number of rotatable bonds is 8. The molecule has 10 heteroatoms. The predicted molar refractivity (Wildman–Crippen MR) is 108 cm³/mol. The van der Waals surface area contributed by atoms with Crippen LogP contribution in [-0.4, -0.2) is 62.8 Å². The van der Waals surface area contributed by atoms with Crippen LogP contribution in [0.4, 0.5) is 0 Å². The average Bonchev–Trinajstić information content (AvgIpc) is 2.74. The Kier molecular flexibility index (Phi) is 6.55. The summed E-state index contributed by atoms with van der Waals surface area (Å²) in [6, 6.07) is 7.48. The van der Waals surface area contributed by atoms with Gasteiger partial charge in [0.2, 0.25) is 0 Å². The highest BCUT2D eigenvalue weighted by molar-refractivity contribution is 8.00. The van der Waals surface area contributed by atoms with Gasteiger partial charge >= 0.3 is 5.97 Å². The number of nitrogens with zero attached hydrogens (tertiary/aromatic N) is 2. The predicted octanol–water partition coefficient (Wildman–Crippen LogP) is 0.444. The number of carboxylic acid groups (broad SMARTS) is 1. The summed E-state index contributed by atoms with van der Waals surface area (Å²) in [5.74, 6) is -2.12. The molecule has 2 unspecified atom stereocenters. The van der Waals surface area contributed by atoms with Crippen molar-refractivity contribution in [3.63, 3.8) is 0 Å². The molecule has 1 aromatic carbocycles. The van der Waals surface area contributed by atoms with Crippen LogP contribution in [0.2, 0.25) is 0 Å². The summed E-state index contributed by atoms with van der Waals surface area (Å²) in [7, 11) is 0. The van der Waals surface area contributed by atoms with Gasteiger partial charge in [-0.15, -0.1) is 11.8 Å². The standard InChI is InChI=1S/C19H22N4O5S/c1-2-8-20-21-9-12-10-29-18-13(17(26)23(18)14(12)19(27)28)22-16(25)15(24)11-6-4-3-5-7-11/h3-7,9,13,15,18,20,24H,2,8,10H2,1H3,(H,22,25)(H,27,28)/t13?,15?,18-/m0/s1. The summed E-state index contributed by atoms with van der Waals surface area (Å²) in [6.45, 7) is 2.63. The molecular formula is C19H22N4O5S. The molecule has 2 aliphatic heterocycles. The highest BCUT2D eigenvalue weighted by atomic mass is 32.2. The molecule has 0 radical (unpaired) electrons. The van der Waals surface area contributed by atoms with Crippen LogP contribution in [0.3, 0.4) is 0 Å². The zero-order chi connectivity index (χ0) is 21.0. The van der Waals surface area contributed by atoms with Gasteiger partial charge in [-0.1, -0.05) is 37.3 Å². The molecule has 0 aliphatic carbocycles. The molecular weight excluding hydrogens is 396 g/mol. The molecule has 1 saturated heterocycles. The number of nitrogens with one attached hydrogen (secondary N) is 2. The second-order valence-corrected chi connectivity index (χ2v) is 7.66. The van der Waals surface area contributed by atoms with Crippen molar-refractivity contribution in [2.75, 3.05) is 12.3 Å². The fourth-order valence-corrected chi connectivity index (χ4v) is 4.36. The number of thioether (sulfide) groups is 1. The Bertz CT molecular complexity index is 857. The minimum absolute atomic E-state index is 0.130. The fraction of sp³-hybridized carbons (Fsp3) is 0.368. The van der Waals surface area contributed by atoms with E-state index in [1.54, 1.807) is 30.3 Å². The molecule has 3 atom stereocenters. The smallest absolute Gasteiger partial charge is 0.353 e. The molecule has 4 N–H and O–H groups in total. The molecule has 154 valence electrons. The van der Waals surface area contributed by atoms with Gasteiger partial charge in [-0.25, -0.2) is 4.79 Å². The first kappa shape index (κ1) is 20.9. The van der Waals surface area contributed by atoms with Gasteiger partial charge in [0.15, 0.2) is 6.10 Å². The molecule has 29 heavy (non-hydrogen) atoms. The van der Waals surface area contributed by atoms with E-state index in [2.05, 4.69) is 15.8 Å². The largest absolute Gasteiger partial charge is 0.477 e. The lowest BCUT2D eigenvalue weighted by atomic mass is 10.0. The Balaban J connectivity index is 1.71. The first-order valence-electron chi connectivity index (χ1n) is 9.16. The third kappa shape index (κ3) is 4.28. The fourth-order valence-electron chi connectivity index (χ4n) is 3.06. The monoisotopic (exact) mass is 418 g/mol. The maximum Gasteiger partial charge on any atom is 0.353 e. The van der Waals surface area contributed by atoms with E-state index >= 15 is 0 Å². The molecule has 1 aromatic rings. The van der Waals surface area contributed by atoms with Crippen molar-refractivity contribution in [2.45, 2.75) is 30.9 Å². The molecule has 9 nitrogen and oxygen atoms in total. The Morgan fingerprint density at radius 1 is 1.38 bits per heavy atom. The molecule has 0 bridgehead atoms. The van der Waals surface area contributed by atoms with Gasteiger partial charge in [0, 0.05) is 17.9 Å². The number of hydrogen-bond acceptors (Lipinski definition) is 7. The summed E-state index contributed by atoms with van der Waals surface area (Å²) in [5, 5.41) is 25.8. The normalized spacial score (nSPS) is 22.1. The van der Waals surface area contributed by atoms with Gasteiger partial charge in [-0.2, -0.15) is 5.10 Å². The number of benzene rings is 1. The van der Waals surface area contributed by atoms with E-state index in [1.165, 1.54) is 18.0 Å². The topological polar surface area (TPSA) is 131 Å². The number of fused-ring (bicyclic) bond motifs is 1. The minimum Gasteiger partial charge on any atom is -0.477 e. The summed E-state index contributed by atoms with van der Waals surface area (Å²) < 4.78 is 0. The highest BCUT2D eigenvalue weighted by Crippen LogP contribution is 2.40. The summed E-state index contributed by atoms with van der Waals surface area (Å²) in [4.78, 5) is 37.8. The van der Waals surface area contributed by atoms with Crippen molar-refractivity contribution in [2.24, 2.45) is 5.10 Å². The van der Waals surface area contributed by atoms with Gasteiger partial charge < -0.3 is 21.0 Å². The van der Waals surface area contributed by atoms with Gasteiger partial charge in [-0.3, -0.25) is 14.5 Å². The zero-order valence-electron chi connectivity index (χ0n) is 15.7. The van der Waals surface area contributed by atoms with Crippen LogP contribution >= 0.6 is 11.8 Å². The third-order valence-corrected chi connectivity index (χ3v) is 5.84. The quantitative estimate of drug-likeness (QED) is 0.209. The SMILES string of the molecule is CCCNN=CC1=C(C(=O)O)N2C(=O)C(NC(=O)C(O)c3ccccc3)[C@@H]2SC1. The molecule has 2 heterocycles. The van der Waals surface area contributed by atoms with Crippen molar-refractivity contribution >= 4 is 35.8 Å². The number of aliphatic hydroxyl groups excluding tert-OH is 1. The second-order valence-electron chi connectivity index (χ2n) is 6.55. The summed E-state index contributed by atoms with van der Waals surface area (Å²) in [5.41, 5.74) is 3.51. The van der Waals surface area contributed by atoms with Crippen molar-refractivity contribution in [3.05, 3.63) is 47.2 Å². The van der Waals surface area contributed by atoms with E-state index < -0.39 is 35.3 Å². The Morgan fingerprint density at radius 3 is 2.76 bits per heavy atom. The van der Waals surface area contributed by atoms with E-state index in [4.69, 9.17) is 0 Å². The van der Waals surface area contributed by atoms with E-state index in [9.17, 15) is 24.6 Å². The average molecular weight is 418 g/mol. The zero-order valence-corrected chi connectivity index (χ0v) is 16.6. The molecule has 0 spiro atoms. The minimum atomic E-state index is -1.41. The van der Waals surface area contributed by atoms with Crippen molar-refractivity contribution < 1.29 is 24.6 Å². The van der Waals surface area contributed by atoms with Crippen molar-refractivity contribution in [1.29, 1.82) is 0 Å². The third-order valence-electron chi connectivity index (χ3n) is 4.54. The van der Waals surface area contributed by atoms with Crippen molar-refractivity contribution in [3.8, 4) is 0 Å².